The van der Waals surface area contributed by atoms with E-state index in [0.717, 1.165) is 24.8 Å². The molecule has 0 radical (unpaired) electrons. The van der Waals surface area contributed by atoms with Crippen LogP contribution in [-0.4, -0.2) is 21.7 Å². The van der Waals surface area contributed by atoms with Crippen molar-refractivity contribution in [3.63, 3.8) is 0 Å². The molecule has 0 bridgehead atoms. The van der Waals surface area contributed by atoms with Gasteiger partial charge in [-0.15, -0.1) is 0 Å². The van der Waals surface area contributed by atoms with Crippen LogP contribution in [0.15, 0.2) is 29.2 Å². The molecule has 1 rings (SSSR count). The van der Waals surface area contributed by atoms with Gasteiger partial charge in [0.15, 0.2) is 9.84 Å². The minimum Gasteiger partial charge on any atom is -0.313 e. The molecule has 0 aliphatic carbocycles. The van der Waals surface area contributed by atoms with Gasteiger partial charge in [-0.05, 0) is 31.2 Å². The van der Waals surface area contributed by atoms with Crippen molar-refractivity contribution in [2.75, 3.05) is 13.3 Å². The summed E-state index contributed by atoms with van der Waals surface area (Å²) in [5.41, 5.74) is 1.05. The highest BCUT2D eigenvalue weighted by Crippen LogP contribution is 2.21. The lowest BCUT2D eigenvalue weighted by molar-refractivity contribution is 0.521. The molecule has 0 spiro atoms. The third-order valence-electron chi connectivity index (χ3n) is 2.88. The van der Waals surface area contributed by atoms with Crippen molar-refractivity contribution in [1.82, 2.24) is 5.32 Å². The molecule has 4 heteroatoms. The zero-order valence-corrected chi connectivity index (χ0v) is 11.5. The van der Waals surface area contributed by atoms with Gasteiger partial charge in [-0.1, -0.05) is 31.9 Å². The SMILES string of the molecule is CCCCC(NC)c1cccc(S(C)(=O)=O)c1. The number of sulfone groups is 1. The number of hydrogen-bond donors (Lipinski definition) is 1. The van der Waals surface area contributed by atoms with Crippen LogP contribution < -0.4 is 5.32 Å². The Morgan fingerprint density at radius 3 is 2.59 bits per heavy atom. The van der Waals surface area contributed by atoms with Gasteiger partial charge in [0.05, 0.1) is 4.90 Å². The van der Waals surface area contributed by atoms with Crippen molar-refractivity contribution in [1.29, 1.82) is 0 Å². The minimum atomic E-state index is -3.12. The van der Waals surface area contributed by atoms with Crippen LogP contribution in [0, 0.1) is 0 Å². The van der Waals surface area contributed by atoms with Crippen LogP contribution in [0.25, 0.3) is 0 Å². The predicted molar refractivity (Wildman–Crippen MR) is 70.9 cm³/mol. The normalized spacial score (nSPS) is 13.6. The topological polar surface area (TPSA) is 46.2 Å². The van der Waals surface area contributed by atoms with Crippen molar-refractivity contribution in [2.24, 2.45) is 0 Å². The van der Waals surface area contributed by atoms with Gasteiger partial charge < -0.3 is 5.32 Å². The molecule has 0 aromatic heterocycles. The van der Waals surface area contributed by atoms with Crippen LogP contribution in [0.1, 0.15) is 37.8 Å². The fourth-order valence-electron chi connectivity index (χ4n) is 1.85. The molecule has 0 heterocycles. The Bertz CT molecular complexity index is 454. The second kappa shape index (κ2) is 6.17. The van der Waals surface area contributed by atoms with E-state index < -0.39 is 9.84 Å². The van der Waals surface area contributed by atoms with Gasteiger partial charge in [-0.3, -0.25) is 0 Å². The van der Waals surface area contributed by atoms with Gasteiger partial charge >= 0.3 is 0 Å². The molecule has 0 fully saturated rings. The first-order valence-electron chi connectivity index (χ1n) is 5.96. The molecule has 1 N–H and O–H groups in total. The van der Waals surface area contributed by atoms with E-state index in [9.17, 15) is 8.42 Å². The quantitative estimate of drug-likeness (QED) is 0.849. The Hall–Kier alpha value is -0.870. The van der Waals surface area contributed by atoms with Gasteiger partial charge in [-0.2, -0.15) is 0 Å². The number of nitrogens with one attached hydrogen (secondary N) is 1. The summed E-state index contributed by atoms with van der Waals surface area (Å²) in [4.78, 5) is 0.395. The van der Waals surface area contributed by atoms with E-state index in [1.165, 1.54) is 6.26 Å². The Balaban J connectivity index is 2.97. The first kappa shape index (κ1) is 14.2. The number of benzene rings is 1. The van der Waals surface area contributed by atoms with E-state index >= 15 is 0 Å². The highest BCUT2D eigenvalue weighted by atomic mass is 32.2. The lowest BCUT2D eigenvalue weighted by Gasteiger charge is -2.16. The lowest BCUT2D eigenvalue weighted by atomic mass is 10.0. The molecular weight excluding hydrogens is 234 g/mol. The molecule has 17 heavy (non-hydrogen) atoms. The molecule has 1 atom stereocenters. The van der Waals surface area contributed by atoms with Crippen molar-refractivity contribution >= 4 is 9.84 Å². The molecule has 1 aromatic rings. The van der Waals surface area contributed by atoms with E-state index in [2.05, 4.69) is 12.2 Å². The van der Waals surface area contributed by atoms with E-state index in [1.807, 2.05) is 19.2 Å². The lowest BCUT2D eigenvalue weighted by Crippen LogP contribution is -2.16. The van der Waals surface area contributed by atoms with Crippen molar-refractivity contribution < 1.29 is 8.42 Å². The molecule has 0 amide bonds. The number of hydrogen-bond acceptors (Lipinski definition) is 3. The smallest absolute Gasteiger partial charge is 0.175 e. The fourth-order valence-corrected chi connectivity index (χ4v) is 2.52. The molecule has 1 aromatic carbocycles. The summed E-state index contributed by atoms with van der Waals surface area (Å²) >= 11 is 0. The summed E-state index contributed by atoms with van der Waals surface area (Å²) in [6, 6.07) is 7.43. The van der Waals surface area contributed by atoms with Crippen molar-refractivity contribution in [2.45, 2.75) is 37.1 Å². The summed E-state index contributed by atoms with van der Waals surface area (Å²) in [6.45, 7) is 2.15. The van der Waals surface area contributed by atoms with Crippen molar-refractivity contribution in [3.05, 3.63) is 29.8 Å². The zero-order valence-electron chi connectivity index (χ0n) is 10.7. The van der Waals surface area contributed by atoms with E-state index in [0.29, 0.717) is 4.90 Å². The maximum absolute atomic E-state index is 11.5. The van der Waals surface area contributed by atoms with Gasteiger partial charge in [0.2, 0.25) is 0 Å². The molecule has 0 saturated heterocycles. The monoisotopic (exact) mass is 255 g/mol. The average molecular weight is 255 g/mol. The van der Waals surface area contributed by atoms with Gasteiger partial charge in [0.1, 0.15) is 0 Å². The first-order valence-corrected chi connectivity index (χ1v) is 7.85. The van der Waals surface area contributed by atoms with Crippen molar-refractivity contribution in [3.8, 4) is 0 Å². The third-order valence-corrected chi connectivity index (χ3v) is 3.99. The van der Waals surface area contributed by atoms with E-state index in [4.69, 9.17) is 0 Å². The Morgan fingerprint density at radius 1 is 1.35 bits per heavy atom. The summed E-state index contributed by atoms with van der Waals surface area (Å²) in [6.07, 6.45) is 4.55. The summed E-state index contributed by atoms with van der Waals surface area (Å²) in [5, 5.41) is 3.24. The fraction of sp³-hybridized carbons (Fsp3) is 0.538. The largest absolute Gasteiger partial charge is 0.313 e. The number of rotatable bonds is 6. The molecule has 1 unspecified atom stereocenters. The summed E-state index contributed by atoms with van der Waals surface area (Å²) in [5.74, 6) is 0. The van der Waals surface area contributed by atoms with Gasteiger partial charge in [0.25, 0.3) is 0 Å². The highest BCUT2D eigenvalue weighted by Gasteiger charge is 2.12. The van der Waals surface area contributed by atoms with Gasteiger partial charge in [-0.25, -0.2) is 8.42 Å². The van der Waals surface area contributed by atoms with Crippen LogP contribution >= 0.6 is 0 Å². The Kier molecular flexibility index (Phi) is 5.15. The highest BCUT2D eigenvalue weighted by molar-refractivity contribution is 7.90. The number of unbranched alkanes of at least 4 members (excludes halogenated alkanes) is 1. The second-order valence-corrected chi connectivity index (χ2v) is 6.34. The predicted octanol–water partition coefficient (Wildman–Crippen LogP) is 2.54. The minimum absolute atomic E-state index is 0.233. The van der Waals surface area contributed by atoms with Crippen LogP contribution in [-0.2, 0) is 9.84 Å². The molecule has 96 valence electrons. The van der Waals surface area contributed by atoms with E-state index in [-0.39, 0.29) is 6.04 Å². The van der Waals surface area contributed by atoms with Crippen LogP contribution in [0.4, 0.5) is 0 Å². The maximum Gasteiger partial charge on any atom is 0.175 e. The molecule has 0 aliphatic rings. The standard InChI is InChI=1S/C13H21NO2S/c1-4-5-9-13(14-2)11-7-6-8-12(10-11)17(3,15)16/h6-8,10,13-14H,4-5,9H2,1-3H3. The molecule has 0 aliphatic heterocycles. The second-order valence-electron chi connectivity index (χ2n) is 4.33. The Morgan fingerprint density at radius 2 is 2.06 bits per heavy atom. The zero-order chi connectivity index (χ0) is 12.9. The summed E-state index contributed by atoms with van der Waals surface area (Å²) < 4.78 is 23.0. The Labute approximate surface area is 104 Å². The van der Waals surface area contributed by atoms with Crippen LogP contribution in [0.5, 0.6) is 0 Å². The average Bonchev–Trinajstić information content (AvgIpc) is 2.29. The molecule has 0 saturated carbocycles. The maximum atomic E-state index is 11.5. The van der Waals surface area contributed by atoms with E-state index in [1.54, 1.807) is 12.1 Å². The molecular formula is C13H21NO2S. The van der Waals surface area contributed by atoms with Crippen LogP contribution in [0.2, 0.25) is 0 Å². The van der Waals surface area contributed by atoms with Crippen LogP contribution in [0.3, 0.4) is 0 Å². The third kappa shape index (κ3) is 4.13. The summed E-state index contributed by atoms with van der Waals surface area (Å²) in [7, 11) is -1.21. The van der Waals surface area contributed by atoms with Gasteiger partial charge in [0, 0.05) is 12.3 Å². The molecule has 3 nitrogen and oxygen atoms in total. The first-order chi connectivity index (χ1) is 7.99.